The highest BCUT2D eigenvalue weighted by Gasteiger charge is 2.18. The monoisotopic (exact) mass is 317 g/mol. The average molecular weight is 317 g/mol. The predicted molar refractivity (Wildman–Crippen MR) is 75.6 cm³/mol. The first-order chi connectivity index (χ1) is 10.5. The Balaban J connectivity index is 2.51. The number of aliphatic hydroxyl groups excluding tert-OH is 6. The van der Waals surface area contributed by atoms with Gasteiger partial charge in [-0.2, -0.15) is 0 Å². The Morgan fingerprint density at radius 3 is 1.91 bits per heavy atom. The molecule has 0 aromatic carbocycles. The van der Waals surface area contributed by atoms with Crippen LogP contribution in [0, 0.1) is 0 Å². The number of aliphatic hydroxyl groups is 6. The normalized spacial score (nSPS) is 17.0. The fraction of sp³-hybridized carbons (Fsp3) is 0.692. The van der Waals surface area contributed by atoms with Crippen LogP contribution in [-0.2, 0) is 13.0 Å². The van der Waals surface area contributed by atoms with Crippen molar-refractivity contribution in [3.63, 3.8) is 0 Å². The quantitative estimate of drug-likeness (QED) is 0.233. The van der Waals surface area contributed by atoms with Crippen molar-refractivity contribution in [1.82, 2.24) is 15.3 Å². The summed E-state index contributed by atoms with van der Waals surface area (Å²) in [6.07, 6.45) is -0.478. The molecule has 22 heavy (non-hydrogen) atoms. The minimum atomic E-state index is -1.23. The number of rotatable bonds is 10. The molecule has 1 aromatic rings. The first-order valence-electron chi connectivity index (χ1n) is 6.91. The zero-order valence-electron chi connectivity index (χ0n) is 12.1. The van der Waals surface area contributed by atoms with Crippen LogP contribution >= 0.6 is 0 Å². The Kier molecular flexibility index (Phi) is 8.35. The van der Waals surface area contributed by atoms with Crippen LogP contribution in [-0.4, -0.2) is 84.8 Å². The van der Waals surface area contributed by atoms with E-state index in [9.17, 15) is 15.3 Å². The van der Waals surface area contributed by atoms with Crippen LogP contribution in [0.3, 0.4) is 0 Å². The molecule has 0 spiro atoms. The summed E-state index contributed by atoms with van der Waals surface area (Å²) in [7, 11) is 0. The van der Waals surface area contributed by atoms with Gasteiger partial charge in [0.15, 0.2) is 0 Å². The van der Waals surface area contributed by atoms with E-state index in [0.29, 0.717) is 11.4 Å². The smallest absolute Gasteiger partial charge is 0.103 e. The summed E-state index contributed by atoms with van der Waals surface area (Å²) in [4.78, 5) is 8.18. The van der Waals surface area contributed by atoms with E-state index < -0.39 is 37.6 Å². The maximum Gasteiger partial charge on any atom is 0.103 e. The van der Waals surface area contributed by atoms with Gasteiger partial charge in [0.2, 0.25) is 0 Å². The van der Waals surface area contributed by atoms with Crippen LogP contribution in [0.1, 0.15) is 11.4 Å². The van der Waals surface area contributed by atoms with Crippen molar-refractivity contribution in [1.29, 1.82) is 0 Å². The first kappa shape index (κ1) is 18.8. The van der Waals surface area contributed by atoms with E-state index in [-0.39, 0.29) is 19.6 Å². The zero-order chi connectivity index (χ0) is 16.5. The maximum atomic E-state index is 9.57. The highest BCUT2D eigenvalue weighted by molar-refractivity contribution is 5.04. The lowest BCUT2D eigenvalue weighted by atomic mass is 10.1. The van der Waals surface area contributed by atoms with Crippen LogP contribution in [0.5, 0.6) is 0 Å². The van der Waals surface area contributed by atoms with Gasteiger partial charge < -0.3 is 36.0 Å². The Hall–Kier alpha value is -1.20. The van der Waals surface area contributed by atoms with Crippen molar-refractivity contribution in [2.45, 2.75) is 37.3 Å². The lowest BCUT2D eigenvalue weighted by Gasteiger charge is -2.20. The van der Waals surface area contributed by atoms with Crippen LogP contribution in [0.15, 0.2) is 12.4 Å². The van der Waals surface area contributed by atoms with E-state index in [1.807, 2.05) is 0 Å². The standard InChI is InChI=1S/C13H23N3O6/c17-5-10(12(21)6-18)16-4-9-3-14-8(2-15-9)1-11(20)13(22)7-19/h2-3,10-13,16-22H,1,4-7H2/t10-,11+,12+,13-/m1/s1. The van der Waals surface area contributed by atoms with Gasteiger partial charge in [-0.05, 0) is 0 Å². The van der Waals surface area contributed by atoms with Gasteiger partial charge in [0.1, 0.15) is 6.10 Å². The molecule has 9 heteroatoms. The number of aromatic nitrogens is 2. The largest absolute Gasteiger partial charge is 0.395 e. The van der Waals surface area contributed by atoms with Gasteiger partial charge >= 0.3 is 0 Å². The summed E-state index contributed by atoms with van der Waals surface area (Å²) in [6, 6.07) is -0.673. The second-order valence-electron chi connectivity index (χ2n) is 4.94. The molecule has 4 atom stereocenters. The number of hydrogen-bond acceptors (Lipinski definition) is 9. The molecule has 0 bridgehead atoms. The van der Waals surface area contributed by atoms with E-state index in [0.717, 1.165) is 0 Å². The average Bonchev–Trinajstić information content (AvgIpc) is 2.55. The van der Waals surface area contributed by atoms with Gasteiger partial charge in [0.05, 0.1) is 55.7 Å². The predicted octanol–water partition coefficient (Wildman–Crippen LogP) is -3.46. The number of nitrogens with zero attached hydrogens (tertiary/aromatic N) is 2. The summed E-state index contributed by atoms with van der Waals surface area (Å²) >= 11 is 0. The molecule has 0 saturated carbocycles. The molecule has 0 fully saturated rings. The Labute approximate surface area is 127 Å². The van der Waals surface area contributed by atoms with Crippen molar-refractivity contribution >= 4 is 0 Å². The van der Waals surface area contributed by atoms with Gasteiger partial charge in [-0.25, -0.2) is 0 Å². The number of hydrogen-bond donors (Lipinski definition) is 7. The summed E-state index contributed by atoms with van der Waals surface area (Å²) in [5.74, 6) is 0. The molecule has 0 aliphatic heterocycles. The van der Waals surface area contributed by atoms with Crippen molar-refractivity contribution in [2.75, 3.05) is 19.8 Å². The molecule has 1 aromatic heterocycles. The molecular formula is C13H23N3O6. The van der Waals surface area contributed by atoms with Crippen LogP contribution in [0.4, 0.5) is 0 Å². The molecule has 0 unspecified atom stereocenters. The third-order valence-electron chi connectivity index (χ3n) is 3.20. The molecule has 0 saturated heterocycles. The Morgan fingerprint density at radius 2 is 1.41 bits per heavy atom. The third-order valence-corrected chi connectivity index (χ3v) is 3.20. The minimum absolute atomic E-state index is 0.0604. The first-order valence-corrected chi connectivity index (χ1v) is 6.91. The Morgan fingerprint density at radius 1 is 0.818 bits per heavy atom. The molecule has 1 rings (SSSR count). The van der Waals surface area contributed by atoms with Gasteiger partial charge in [-0.1, -0.05) is 0 Å². The molecule has 0 aliphatic rings. The summed E-state index contributed by atoms with van der Waals surface area (Å²) in [5.41, 5.74) is 1.00. The molecule has 0 amide bonds. The van der Waals surface area contributed by atoms with Gasteiger partial charge in [-0.3, -0.25) is 9.97 Å². The maximum absolute atomic E-state index is 9.57. The second kappa shape index (κ2) is 9.74. The minimum Gasteiger partial charge on any atom is -0.395 e. The molecule has 9 nitrogen and oxygen atoms in total. The number of nitrogens with one attached hydrogen (secondary N) is 1. The summed E-state index contributed by atoms with van der Waals surface area (Å²) in [5, 5.41) is 57.7. The van der Waals surface area contributed by atoms with Crippen molar-refractivity contribution in [3.05, 3.63) is 23.8 Å². The summed E-state index contributed by atoms with van der Waals surface area (Å²) < 4.78 is 0. The topological polar surface area (TPSA) is 159 Å². The van der Waals surface area contributed by atoms with Crippen molar-refractivity contribution < 1.29 is 30.6 Å². The second-order valence-corrected chi connectivity index (χ2v) is 4.94. The van der Waals surface area contributed by atoms with Crippen molar-refractivity contribution in [3.8, 4) is 0 Å². The SMILES string of the molecule is OC[C@@H](O)[C@@H](O)Cc1cnc(CN[C@H](CO)[C@@H](O)CO)cn1. The van der Waals surface area contributed by atoms with Gasteiger partial charge in [-0.15, -0.1) is 0 Å². The van der Waals surface area contributed by atoms with Crippen LogP contribution in [0.25, 0.3) is 0 Å². The summed E-state index contributed by atoms with van der Waals surface area (Å²) in [6.45, 7) is -1.10. The highest BCUT2D eigenvalue weighted by Crippen LogP contribution is 2.04. The molecule has 0 aliphatic carbocycles. The molecule has 1 heterocycles. The van der Waals surface area contributed by atoms with Gasteiger partial charge in [0, 0.05) is 19.2 Å². The van der Waals surface area contributed by atoms with E-state index in [1.165, 1.54) is 12.4 Å². The van der Waals surface area contributed by atoms with Gasteiger partial charge in [0.25, 0.3) is 0 Å². The van der Waals surface area contributed by atoms with Crippen LogP contribution < -0.4 is 5.32 Å². The van der Waals surface area contributed by atoms with Crippen molar-refractivity contribution in [2.24, 2.45) is 0 Å². The zero-order valence-corrected chi connectivity index (χ0v) is 12.1. The lowest BCUT2D eigenvalue weighted by molar-refractivity contribution is -0.0137. The van der Waals surface area contributed by atoms with E-state index in [2.05, 4.69) is 15.3 Å². The van der Waals surface area contributed by atoms with E-state index >= 15 is 0 Å². The highest BCUT2D eigenvalue weighted by atomic mass is 16.4. The molecule has 7 N–H and O–H groups in total. The molecule has 126 valence electrons. The Bertz CT molecular complexity index is 419. The fourth-order valence-electron chi connectivity index (χ4n) is 1.74. The fourth-order valence-corrected chi connectivity index (χ4v) is 1.74. The molecular weight excluding hydrogens is 294 g/mol. The lowest BCUT2D eigenvalue weighted by Crippen LogP contribution is -2.44. The van der Waals surface area contributed by atoms with E-state index in [4.69, 9.17) is 15.3 Å². The molecule has 0 radical (unpaired) electrons. The van der Waals surface area contributed by atoms with E-state index in [1.54, 1.807) is 0 Å². The third kappa shape index (κ3) is 5.89. The van der Waals surface area contributed by atoms with Crippen LogP contribution in [0.2, 0.25) is 0 Å².